The Labute approximate surface area is 190 Å². The smallest absolute Gasteiger partial charge is 0.422 e. The van der Waals surface area contributed by atoms with Crippen molar-refractivity contribution < 1.29 is 90.8 Å². The van der Waals surface area contributed by atoms with Gasteiger partial charge in [-0.15, -0.1) is 0 Å². The molecule has 206 valence electrons. The van der Waals surface area contributed by atoms with Crippen LogP contribution in [-0.4, -0.2) is 75.0 Å². The van der Waals surface area contributed by atoms with Crippen molar-refractivity contribution in [1.29, 1.82) is 0 Å². The van der Waals surface area contributed by atoms with E-state index in [0.717, 1.165) is 0 Å². The molecule has 0 N–H and O–H groups in total. The molecule has 20 heteroatoms. The van der Waals surface area contributed by atoms with E-state index >= 15 is 0 Å². The molecule has 0 spiro atoms. The van der Waals surface area contributed by atoms with E-state index in [-0.39, 0.29) is 0 Å². The van der Waals surface area contributed by atoms with Crippen LogP contribution in [-0.2, 0) is 38.1 Å². The quantitative estimate of drug-likeness (QED) is 0.140. The predicted molar refractivity (Wildman–Crippen MR) is 84.2 cm³/mol. The zero-order chi connectivity index (χ0) is 28.5. The largest absolute Gasteiger partial charge is 0.453 e. The molecule has 0 aromatic rings. The maximum absolute atomic E-state index is 12.3. The molecule has 0 saturated carbocycles. The highest BCUT2D eigenvalue weighted by Crippen LogP contribution is 2.22. The minimum atomic E-state index is -5.30. The molecule has 0 radical (unpaired) electrons. The van der Waals surface area contributed by atoms with Crippen LogP contribution in [0, 0.1) is 0 Å². The third kappa shape index (κ3) is 16.2. The lowest BCUT2D eigenvalue weighted by atomic mass is 10.1. The van der Waals surface area contributed by atoms with Crippen molar-refractivity contribution in [3.05, 3.63) is 23.3 Å². The molecule has 0 bridgehead atoms. The van der Waals surface area contributed by atoms with E-state index < -0.39 is 98.3 Å². The first-order valence-corrected chi connectivity index (χ1v) is 8.37. The van der Waals surface area contributed by atoms with Crippen molar-refractivity contribution in [3.63, 3.8) is 0 Å². The van der Waals surface area contributed by atoms with E-state index in [4.69, 9.17) is 0 Å². The van der Waals surface area contributed by atoms with Gasteiger partial charge in [-0.3, -0.25) is 0 Å². The van der Waals surface area contributed by atoms with Crippen molar-refractivity contribution in [3.8, 4) is 0 Å². The van der Waals surface area contributed by atoms with E-state index in [1.54, 1.807) is 0 Å². The molecule has 0 aliphatic heterocycles. The summed E-state index contributed by atoms with van der Waals surface area (Å²) < 4.78 is 161. The summed E-state index contributed by atoms with van der Waals surface area (Å²) >= 11 is 0. The summed E-state index contributed by atoms with van der Waals surface area (Å²) in [5.41, 5.74) is -3.91. The van der Waals surface area contributed by atoms with Crippen molar-refractivity contribution >= 4 is 23.9 Å². The molecule has 0 aromatic heterocycles. The zero-order valence-electron chi connectivity index (χ0n) is 16.8. The van der Waals surface area contributed by atoms with Gasteiger partial charge in [-0.2, -0.15) is 52.7 Å². The van der Waals surface area contributed by atoms with E-state index in [0.29, 0.717) is 0 Å². The maximum Gasteiger partial charge on any atom is 0.422 e. The minimum absolute atomic E-state index is 0.512. The Morgan fingerprint density at radius 2 is 0.667 bits per heavy atom. The fraction of sp³-hybridized carbons (Fsp3) is 0.500. The molecule has 0 amide bonds. The highest BCUT2D eigenvalue weighted by atomic mass is 19.4. The molecule has 0 aliphatic carbocycles. The Morgan fingerprint density at radius 3 is 0.889 bits per heavy atom. The van der Waals surface area contributed by atoms with Crippen molar-refractivity contribution in [2.75, 3.05) is 26.4 Å². The third-order valence-electron chi connectivity index (χ3n) is 2.74. The first-order valence-electron chi connectivity index (χ1n) is 8.37. The van der Waals surface area contributed by atoms with Gasteiger partial charge < -0.3 is 18.9 Å². The normalized spacial score (nSPS) is 13.7. The van der Waals surface area contributed by atoms with Gasteiger partial charge >= 0.3 is 48.6 Å². The summed E-state index contributed by atoms with van der Waals surface area (Å²) in [5.74, 6) is -9.45. The number of hydrogen-bond acceptors (Lipinski definition) is 8. The van der Waals surface area contributed by atoms with Crippen LogP contribution in [0.4, 0.5) is 52.7 Å². The van der Waals surface area contributed by atoms with E-state index in [2.05, 4.69) is 18.9 Å². The van der Waals surface area contributed by atoms with Crippen LogP contribution < -0.4 is 0 Å². The van der Waals surface area contributed by atoms with E-state index in [9.17, 15) is 71.9 Å². The average Bonchev–Trinajstić information content (AvgIpc) is 2.67. The molecule has 0 fully saturated rings. The van der Waals surface area contributed by atoms with E-state index in [1.165, 1.54) is 0 Å². The van der Waals surface area contributed by atoms with Gasteiger partial charge in [-0.25, -0.2) is 19.2 Å². The van der Waals surface area contributed by atoms with Crippen LogP contribution in [0.1, 0.15) is 0 Å². The van der Waals surface area contributed by atoms with E-state index in [1.807, 2.05) is 0 Å². The second-order valence-corrected chi connectivity index (χ2v) is 5.94. The van der Waals surface area contributed by atoms with Crippen molar-refractivity contribution in [1.82, 2.24) is 0 Å². The first kappa shape index (κ1) is 32.5. The summed E-state index contributed by atoms with van der Waals surface area (Å²) in [7, 11) is 0. The second kappa shape index (κ2) is 12.5. The van der Waals surface area contributed by atoms with Gasteiger partial charge in [0, 0.05) is 12.2 Å². The van der Waals surface area contributed by atoms with Crippen LogP contribution >= 0.6 is 0 Å². The Kier molecular flexibility index (Phi) is 11.3. The number of carbonyl (C=O) groups excluding carboxylic acids is 4. The van der Waals surface area contributed by atoms with Crippen LogP contribution in [0.2, 0.25) is 0 Å². The topological polar surface area (TPSA) is 105 Å². The molecular formula is C16H10F12O8. The van der Waals surface area contributed by atoms with Gasteiger partial charge in [0.15, 0.2) is 26.4 Å². The number of rotatable bonds is 9. The standard InChI is InChI=1S/C16H10F12O8/c17-13(18,19)3-33-9(29)1-7(11(31)35-5-15(23,24)25)8(12(32)36-6-16(26,27)28)2-10(30)34-4-14(20,21)22/h1-2H,3-6H2/b7-1-,8-2-. The highest BCUT2D eigenvalue weighted by Gasteiger charge is 2.36. The number of alkyl halides is 12. The Balaban J connectivity index is 6.42. The van der Waals surface area contributed by atoms with Gasteiger partial charge in [0.1, 0.15) is 0 Å². The lowest BCUT2D eigenvalue weighted by molar-refractivity contribution is -0.185. The van der Waals surface area contributed by atoms with Gasteiger partial charge in [-0.1, -0.05) is 0 Å². The fourth-order valence-electron chi connectivity index (χ4n) is 1.57. The summed E-state index contributed by atoms with van der Waals surface area (Å²) in [6.07, 6.45) is -22.0. The van der Waals surface area contributed by atoms with Crippen LogP contribution in [0.5, 0.6) is 0 Å². The Hall–Kier alpha value is -3.48. The molecule has 0 saturated heterocycles. The second-order valence-electron chi connectivity index (χ2n) is 5.94. The summed E-state index contributed by atoms with van der Waals surface area (Å²) in [4.78, 5) is 47.0. The molecule has 0 aromatic carbocycles. The molecule has 0 aliphatic rings. The van der Waals surface area contributed by atoms with Gasteiger partial charge in [0.2, 0.25) is 0 Å². The third-order valence-corrected chi connectivity index (χ3v) is 2.74. The van der Waals surface area contributed by atoms with Crippen LogP contribution in [0.25, 0.3) is 0 Å². The first-order chi connectivity index (χ1) is 16.0. The molecule has 0 heterocycles. The van der Waals surface area contributed by atoms with Gasteiger partial charge in [-0.05, 0) is 0 Å². The summed E-state index contributed by atoms with van der Waals surface area (Å²) in [6, 6.07) is 0. The van der Waals surface area contributed by atoms with Crippen LogP contribution in [0.15, 0.2) is 23.3 Å². The predicted octanol–water partition coefficient (Wildman–Crippen LogP) is 3.26. The van der Waals surface area contributed by atoms with Crippen LogP contribution in [0.3, 0.4) is 0 Å². The zero-order valence-corrected chi connectivity index (χ0v) is 16.8. The molecule has 8 nitrogen and oxygen atoms in total. The lowest BCUT2D eigenvalue weighted by Gasteiger charge is -2.14. The van der Waals surface area contributed by atoms with Gasteiger partial charge in [0.05, 0.1) is 11.1 Å². The average molecular weight is 558 g/mol. The Morgan fingerprint density at radius 1 is 0.444 bits per heavy atom. The highest BCUT2D eigenvalue weighted by molar-refractivity contribution is 6.12. The number of carbonyl (C=O) groups is 4. The summed E-state index contributed by atoms with van der Waals surface area (Å²) in [5, 5.41) is 0. The molecule has 0 unspecified atom stereocenters. The number of ether oxygens (including phenoxy) is 4. The van der Waals surface area contributed by atoms with Crippen molar-refractivity contribution in [2.45, 2.75) is 24.7 Å². The fourth-order valence-corrected chi connectivity index (χ4v) is 1.57. The number of esters is 4. The molecule has 36 heavy (non-hydrogen) atoms. The van der Waals surface area contributed by atoms with Crippen molar-refractivity contribution in [2.24, 2.45) is 0 Å². The molecular weight excluding hydrogens is 548 g/mol. The monoisotopic (exact) mass is 558 g/mol. The molecule has 0 atom stereocenters. The lowest BCUT2D eigenvalue weighted by Crippen LogP contribution is -2.27. The Bertz CT molecular complexity index is 806. The maximum atomic E-state index is 12.3. The summed E-state index contributed by atoms with van der Waals surface area (Å²) in [6.45, 7) is -9.74. The number of hydrogen-bond donors (Lipinski definition) is 0. The molecule has 0 rings (SSSR count). The van der Waals surface area contributed by atoms with Gasteiger partial charge in [0.25, 0.3) is 0 Å². The SMILES string of the molecule is O=C(/C=C(C(=O)OCC(F)(F)F)/C(=C/C(=O)OCC(F)(F)F)C(=O)OCC(F)(F)F)OCC(F)(F)F. The number of halogens is 12. The minimum Gasteiger partial charge on any atom is -0.453 e.